The number of hydrogen-bond donors (Lipinski definition) is 0. The molecule has 0 amide bonds. The minimum absolute atomic E-state index is 0.246. The Morgan fingerprint density at radius 2 is 2.00 bits per heavy atom. The van der Waals surface area contributed by atoms with Crippen molar-refractivity contribution in [1.29, 1.82) is 0 Å². The van der Waals surface area contributed by atoms with Crippen LogP contribution in [0.3, 0.4) is 0 Å². The van der Waals surface area contributed by atoms with Gasteiger partial charge in [0.05, 0.1) is 18.5 Å². The Kier molecular flexibility index (Phi) is 2.78. The molecule has 1 fully saturated rings. The fourth-order valence-corrected chi connectivity index (χ4v) is 2.38. The fraction of sp³-hybridized carbons (Fsp3) is 0.286. The number of nitrogens with zero attached hydrogens (tertiary/aromatic N) is 2. The van der Waals surface area contributed by atoms with Crippen LogP contribution in [0.4, 0.5) is 8.78 Å². The Bertz CT molecular complexity index is 614. The molecule has 1 aromatic heterocycles. The van der Waals surface area contributed by atoms with Crippen LogP contribution in [0.5, 0.6) is 0 Å². The van der Waals surface area contributed by atoms with Crippen LogP contribution in [-0.4, -0.2) is 16.6 Å². The van der Waals surface area contributed by atoms with E-state index in [1.807, 2.05) is 0 Å². The highest BCUT2D eigenvalue weighted by molar-refractivity contribution is 5.33. The molecule has 3 rings (SSSR count). The minimum Gasteiger partial charge on any atom is -0.364 e. The Morgan fingerprint density at radius 3 is 2.63 bits per heavy atom. The molecule has 0 aliphatic carbocycles. The first kappa shape index (κ1) is 12.2. The third-order valence-electron chi connectivity index (χ3n) is 3.59. The van der Waals surface area contributed by atoms with Gasteiger partial charge in [-0.2, -0.15) is 0 Å². The van der Waals surface area contributed by atoms with E-state index in [1.165, 1.54) is 12.4 Å². The molecule has 1 saturated heterocycles. The molecule has 1 aliphatic heterocycles. The van der Waals surface area contributed by atoms with Gasteiger partial charge >= 0.3 is 0 Å². The van der Waals surface area contributed by atoms with Gasteiger partial charge in [0.15, 0.2) is 5.82 Å². The molecule has 2 unspecified atom stereocenters. The fourth-order valence-electron chi connectivity index (χ4n) is 2.38. The van der Waals surface area contributed by atoms with Crippen molar-refractivity contribution in [2.45, 2.75) is 18.4 Å². The van der Waals surface area contributed by atoms with Crippen molar-refractivity contribution in [1.82, 2.24) is 9.97 Å². The molecule has 1 aromatic carbocycles. The molecule has 2 heterocycles. The Hall–Kier alpha value is -1.88. The molecule has 0 bridgehead atoms. The molecular weight excluding hydrogens is 250 g/mol. The van der Waals surface area contributed by atoms with E-state index in [1.54, 1.807) is 25.1 Å². The number of ether oxygens (including phenoxy) is 1. The van der Waals surface area contributed by atoms with Gasteiger partial charge in [0.2, 0.25) is 0 Å². The first-order chi connectivity index (χ1) is 9.15. The van der Waals surface area contributed by atoms with Crippen molar-refractivity contribution in [3.8, 4) is 0 Å². The Morgan fingerprint density at radius 1 is 1.26 bits per heavy atom. The van der Waals surface area contributed by atoms with Gasteiger partial charge < -0.3 is 4.74 Å². The third kappa shape index (κ3) is 1.90. The molecule has 1 aliphatic rings. The van der Waals surface area contributed by atoms with Crippen molar-refractivity contribution in [3.05, 3.63) is 59.7 Å². The summed E-state index contributed by atoms with van der Waals surface area (Å²) in [6.45, 7) is 2.14. The molecule has 0 radical (unpaired) electrons. The standard InChI is InChI=1S/C14H12F2N2O/c1-9(13-12(16)6-17-8-18-13)14(7-19-14)10-4-2-3-5-11(10)15/h2-6,8-9H,7H2,1H3. The van der Waals surface area contributed by atoms with E-state index in [0.29, 0.717) is 12.2 Å². The lowest BCUT2D eigenvalue weighted by Gasteiger charge is -2.20. The molecule has 19 heavy (non-hydrogen) atoms. The van der Waals surface area contributed by atoms with E-state index < -0.39 is 11.4 Å². The molecule has 0 spiro atoms. The van der Waals surface area contributed by atoms with E-state index in [9.17, 15) is 8.78 Å². The summed E-state index contributed by atoms with van der Waals surface area (Å²) in [5.41, 5.74) is -0.128. The second-order valence-corrected chi connectivity index (χ2v) is 4.64. The number of rotatable bonds is 3. The van der Waals surface area contributed by atoms with Crippen LogP contribution in [0.15, 0.2) is 36.8 Å². The first-order valence-electron chi connectivity index (χ1n) is 5.99. The maximum Gasteiger partial charge on any atom is 0.163 e. The van der Waals surface area contributed by atoms with Crippen LogP contribution >= 0.6 is 0 Å². The van der Waals surface area contributed by atoms with Crippen molar-refractivity contribution in [3.63, 3.8) is 0 Å². The van der Waals surface area contributed by atoms with Gasteiger partial charge in [-0.3, -0.25) is 0 Å². The summed E-state index contributed by atoms with van der Waals surface area (Å²) in [5.74, 6) is -1.23. The highest BCUT2D eigenvalue weighted by Gasteiger charge is 2.54. The van der Waals surface area contributed by atoms with Crippen molar-refractivity contribution >= 4 is 0 Å². The van der Waals surface area contributed by atoms with Crippen molar-refractivity contribution in [2.24, 2.45) is 0 Å². The number of aromatic nitrogens is 2. The summed E-state index contributed by atoms with van der Waals surface area (Å²) in [6.07, 6.45) is 2.39. The second kappa shape index (κ2) is 4.35. The zero-order chi connectivity index (χ0) is 13.5. The number of benzene rings is 1. The summed E-state index contributed by atoms with van der Waals surface area (Å²) in [7, 11) is 0. The number of halogens is 2. The summed E-state index contributed by atoms with van der Waals surface area (Å²) in [5, 5.41) is 0. The van der Waals surface area contributed by atoms with Gasteiger partial charge in [-0.1, -0.05) is 25.1 Å². The second-order valence-electron chi connectivity index (χ2n) is 4.64. The third-order valence-corrected chi connectivity index (χ3v) is 3.59. The molecule has 2 atom stereocenters. The zero-order valence-corrected chi connectivity index (χ0v) is 10.3. The summed E-state index contributed by atoms with van der Waals surface area (Å²) < 4.78 is 33.1. The molecule has 0 saturated carbocycles. The van der Waals surface area contributed by atoms with Gasteiger partial charge in [-0.15, -0.1) is 0 Å². The number of epoxide rings is 1. The lowest BCUT2D eigenvalue weighted by molar-refractivity contribution is 0.260. The van der Waals surface area contributed by atoms with E-state index in [0.717, 1.165) is 6.20 Å². The van der Waals surface area contributed by atoms with E-state index in [-0.39, 0.29) is 17.4 Å². The average Bonchev–Trinajstić information content (AvgIpc) is 3.20. The molecule has 3 nitrogen and oxygen atoms in total. The largest absolute Gasteiger partial charge is 0.364 e. The van der Waals surface area contributed by atoms with Gasteiger partial charge in [-0.25, -0.2) is 18.7 Å². The molecular formula is C14H12F2N2O. The topological polar surface area (TPSA) is 38.3 Å². The van der Waals surface area contributed by atoms with Gasteiger partial charge in [0.1, 0.15) is 17.7 Å². The maximum absolute atomic E-state index is 13.9. The predicted octanol–water partition coefficient (Wildman–Crippen LogP) is 2.78. The van der Waals surface area contributed by atoms with Crippen LogP contribution < -0.4 is 0 Å². The highest BCUT2D eigenvalue weighted by atomic mass is 19.1. The van der Waals surface area contributed by atoms with Crippen molar-refractivity contribution in [2.75, 3.05) is 6.61 Å². The van der Waals surface area contributed by atoms with E-state index in [4.69, 9.17) is 4.74 Å². The molecule has 5 heteroatoms. The van der Waals surface area contributed by atoms with Crippen LogP contribution in [0, 0.1) is 11.6 Å². The molecule has 0 N–H and O–H groups in total. The van der Waals surface area contributed by atoms with Gasteiger partial charge in [0, 0.05) is 11.5 Å². The predicted molar refractivity (Wildman–Crippen MR) is 64.4 cm³/mol. The Labute approximate surface area is 109 Å². The Balaban J connectivity index is 2.03. The zero-order valence-electron chi connectivity index (χ0n) is 10.3. The smallest absolute Gasteiger partial charge is 0.163 e. The van der Waals surface area contributed by atoms with Crippen LogP contribution in [-0.2, 0) is 10.3 Å². The maximum atomic E-state index is 13.9. The lowest BCUT2D eigenvalue weighted by Crippen LogP contribution is -2.21. The summed E-state index contributed by atoms with van der Waals surface area (Å²) >= 11 is 0. The first-order valence-corrected chi connectivity index (χ1v) is 5.99. The monoisotopic (exact) mass is 262 g/mol. The van der Waals surface area contributed by atoms with Crippen LogP contribution in [0.25, 0.3) is 0 Å². The van der Waals surface area contributed by atoms with Gasteiger partial charge in [-0.05, 0) is 6.07 Å². The van der Waals surface area contributed by atoms with Gasteiger partial charge in [0.25, 0.3) is 0 Å². The van der Waals surface area contributed by atoms with Crippen LogP contribution in [0.1, 0.15) is 24.1 Å². The number of hydrogen-bond acceptors (Lipinski definition) is 3. The van der Waals surface area contributed by atoms with Crippen LogP contribution in [0.2, 0.25) is 0 Å². The average molecular weight is 262 g/mol. The summed E-state index contributed by atoms with van der Waals surface area (Å²) in [6, 6.07) is 6.40. The van der Waals surface area contributed by atoms with Crippen molar-refractivity contribution < 1.29 is 13.5 Å². The normalized spacial score (nSPS) is 23.1. The molecule has 98 valence electrons. The van der Waals surface area contributed by atoms with E-state index >= 15 is 0 Å². The molecule has 2 aromatic rings. The summed E-state index contributed by atoms with van der Waals surface area (Å²) in [4.78, 5) is 7.57. The SMILES string of the molecule is CC(c1ncncc1F)C1(c2ccccc2F)CO1. The quantitative estimate of drug-likeness (QED) is 0.798. The lowest BCUT2D eigenvalue weighted by atomic mass is 9.85. The minimum atomic E-state index is -0.819. The van der Waals surface area contributed by atoms with E-state index in [2.05, 4.69) is 9.97 Å². The highest BCUT2D eigenvalue weighted by Crippen LogP contribution is 2.50.